The molecule has 0 saturated heterocycles. The summed E-state index contributed by atoms with van der Waals surface area (Å²) in [6.45, 7) is 5.14. The van der Waals surface area contributed by atoms with E-state index in [4.69, 9.17) is 16.8 Å². The van der Waals surface area contributed by atoms with Gasteiger partial charge in [-0.15, -0.1) is 0 Å². The van der Waals surface area contributed by atoms with Gasteiger partial charge in [0.05, 0.1) is 0 Å². The molecule has 18 heavy (non-hydrogen) atoms. The van der Waals surface area contributed by atoms with E-state index in [9.17, 15) is 0 Å². The Bertz CT molecular complexity index is 407. The Morgan fingerprint density at radius 1 is 1.33 bits per heavy atom. The standard InChI is InChI=1S/C15H22ClNO/c1-15(2)7-5-12(6-8-15)13-4-3-11(10-17-18)9-14(13)16/h3-4,9,12,17-18H,5-8,10H2,1-2H3. The summed E-state index contributed by atoms with van der Waals surface area (Å²) in [5.74, 6) is 0.599. The van der Waals surface area contributed by atoms with Gasteiger partial charge in [0, 0.05) is 11.6 Å². The first-order valence-corrected chi connectivity index (χ1v) is 7.05. The topological polar surface area (TPSA) is 32.3 Å². The Morgan fingerprint density at radius 2 is 2.00 bits per heavy atom. The number of benzene rings is 1. The van der Waals surface area contributed by atoms with Crippen molar-refractivity contribution in [3.8, 4) is 0 Å². The second-order valence-corrected chi connectivity index (χ2v) is 6.54. The molecule has 0 heterocycles. The van der Waals surface area contributed by atoms with E-state index in [0.29, 0.717) is 17.9 Å². The fourth-order valence-electron chi connectivity index (χ4n) is 2.81. The normalized spacial score (nSPS) is 20.0. The average molecular weight is 268 g/mol. The lowest BCUT2D eigenvalue weighted by Gasteiger charge is -2.34. The molecule has 2 rings (SSSR count). The van der Waals surface area contributed by atoms with Gasteiger partial charge in [-0.2, -0.15) is 0 Å². The molecule has 1 aromatic rings. The Hall–Kier alpha value is -0.570. The Balaban J connectivity index is 2.10. The molecule has 0 spiro atoms. The summed E-state index contributed by atoms with van der Waals surface area (Å²) in [6, 6.07) is 6.13. The van der Waals surface area contributed by atoms with Gasteiger partial charge in [0.25, 0.3) is 0 Å². The number of hydrogen-bond acceptors (Lipinski definition) is 2. The molecule has 1 saturated carbocycles. The highest BCUT2D eigenvalue weighted by molar-refractivity contribution is 6.31. The predicted octanol–water partition coefficient (Wildman–Crippen LogP) is 4.50. The van der Waals surface area contributed by atoms with Gasteiger partial charge in [0.15, 0.2) is 0 Å². The van der Waals surface area contributed by atoms with E-state index in [2.05, 4.69) is 25.4 Å². The highest BCUT2D eigenvalue weighted by Crippen LogP contribution is 2.44. The third-order valence-electron chi connectivity index (χ3n) is 4.13. The predicted molar refractivity (Wildman–Crippen MR) is 75.1 cm³/mol. The zero-order chi connectivity index (χ0) is 13.2. The first-order valence-electron chi connectivity index (χ1n) is 6.67. The third kappa shape index (κ3) is 3.25. The smallest absolute Gasteiger partial charge is 0.0458 e. The van der Waals surface area contributed by atoms with E-state index < -0.39 is 0 Å². The Kier molecular flexibility index (Phi) is 4.31. The summed E-state index contributed by atoms with van der Waals surface area (Å²) in [4.78, 5) is 0. The van der Waals surface area contributed by atoms with E-state index in [0.717, 1.165) is 10.6 Å². The SMILES string of the molecule is CC1(C)CCC(c2ccc(CNO)cc2Cl)CC1. The van der Waals surface area contributed by atoms with Crippen LogP contribution in [0.2, 0.25) is 5.02 Å². The van der Waals surface area contributed by atoms with Crippen LogP contribution in [0.4, 0.5) is 0 Å². The van der Waals surface area contributed by atoms with Gasteiger partial charge >= 0.3 is 0 Å². The maximum Gasteiger partial charge on any atom is 0.0458 e. The van der Waals surface area contributed by atoms with Gasteiger partial charge in [-0.25, -0.2) is 5.48 Å². The molecule has 0 atom stereocenters. The van der Waals surface area contributed by atoms with Crippen LogP contribution in [-0.2, 0) is 6.54 Å². The molecular formula is C15H22ClNO. The minimum Gasteiger partial charge on any atom is -0.316 e. The first-order chi connectivity index (χ1) is 8.52. The maximum absolute atomic E-state index is 8.69. The van der Waals surface area contributed by atoms with E-state index in [-0.39, 0.29) is 0 Å². The molecule has 0 aliphatic heterocycles. The van der Waals surface area contributed by atoms with Gasteiger partial charge in [-0.3, -0.25) is 0 Å². The van der Waals surface area contributed by atoms with Crippen LogP contribution < -0.4 is 5.48 Å². The summed E-state index contributed by atoms with van der Waals surface area (Å²) < 4.78 is 0. The van der Waals surface area contributed by atoms with Crippen LogP contribution in [0.15, 0.2) is 18.2 Å². The van der Waals surface area contributed by atoms with Gasteiger partial charge < -0.3 is 5.21 Å². The zero-order valence-electron chi connectivity index (χ0n) is 11.2. The molecule has 0 unspecified atom stereocenters. The number of nitrogens with one attached hydrogen (secondary N) is 1. The van der Waals surface area contributed by atoms with Crippen molar-refractivity contribution in [2.24, 2.45) is 5.41 Å². The van der Waals surface area contributed by atoms with Gasteiger partial charge in [-0.1, -0.05) is 37.6 Å². The Labute approximate surface area is 114 Å². The monoisotopic (exact) mass is 267 g/mol. The Morgan fingerprint density at radius 3 is 2.56 bits per heavy atom. The van der Waals surface area contributed by atoms with E-state index in [1.54, 1.807) is 0 Å². The summed E-state index contributed by atoms with van der Waals surface area (Å²) in [6.07, 6.45) is 5.00. The molecule has 100 valence electrons. The van der Waals surface area contributed by atoms with E-state index in [1.165, 1.54) is 31.2 Å². The largest absolute Gasteiger partial charge is 0.316 e. The highest BCUT2D eigenvalue weighted by Gasteiger charge is 2.28. The first kappa shape index (κ1) is 13.9. The lowest BCUT2D eigenvalue weighted by atomic mass is 9.71. The molecule has 0 radical (unpaired) electrons. The maximum atomic E-state index is 8.69. The average Bonchev–Trinajstić information content (AvgIpc) is 2.31. The molecule has 1 aromatic carbocycles. The van der Waals surface area contributed by atoms with Gasteiger partial charge in [0.2, 0.25) is 0 Å². The van der Waals surface area contributed by atoms with E-state index in [1.807, 2.05) is 12.1 Å². The van der Waals surface area contributed by atoms with Crippen molar-refractivity contribution >= 4 is 11.6 Å². The van der Waals surface area contributed by atoms with Crippen molar-refractivity contribution in [1.82, 2.24) is 5.48 Å². The number of halogens is 1. The van der Waals surface area contributed by atoms with Gasteiger partial charge in [0.1, 0.15) is 0 Å². The van der Waals surface area contributed by atoms with Crippen LogP contribution >= 0.6 is 11.6 Å². The second-order valence-electron chi connectivity index (χ2n) is 6.13. The highest BCUT2D eigenvalue weighted by atomic mass is 35.5. The van der Waals surface area contributed by atoms with Crippen LogP contribution in [0.25, 0.3) is 0 Å². The molecule has 3 heteroatoms. The summed E-state index contributed by atoms with van der Waals surface area (Å²) in [7, 11) is 0. The molecular weight excluding hydrogens is 246 g/mol. The lowest BCUT2D eigenvalue weighted by molar-refractivity contribution is 0.161. The number of hydroxylamine groups is 1. The van der Waals surface area contributed by atoms with Crippen molar-refractivity contribution in [2.45, 2.75) is 52.0 Å². The van der Waals surface area contributed by atoms with Crippen LogP contribution in [0.3, 0.4) is 0 Å². The molecule has 2 N–H and O–H groups in total. The summed E-state index contributed by atoms with van der Waals surface area (Å²) in [5, 5.41) is 9.53. The van der Waals surface area contributed by atoms with Crippen molar-refractivity contribution in [3.63, 3.8) is 0 Å². The van der Waals surface area contributed by atoms with Crippen LogP contribution in [-0.4, -0.2) is 5.21 Å². The number of rotatable bonds is 3. The zero-order valence-corrected chi connectivity index (χ0v) is 11.9. The van der Waals surface area contributed by atoms with Crippen LogP contribution in [0, 0.1) is 5.41 Å². The minimum atomic E-state index is 0.442. The second kappa shape index (κ2) is 5.60. The van der Waals surface area contributed by atoms with E-state index >= 15 is 0 Å². The molecule has 0 amide bonds. The fraction of sp³-hybridized carbons (Fsp3) is 0.600. The summed E-state index contributed by atoms with van der Waals surface area (Å²) >= 11 is 6.36. The molecule has 1 fully saturated rings. The van der Waals surface area contributed by atoms with Crippen molar-refractivity contribution < 1.29 is 5.21 Å². The quantitative estimate of drug-likeness (QED) is 0.790. The van der Waals surface area contributed by atoms with Crippen molar-refractivity contribution in [2.75, 3.05) is 0 Å². The molecule has 2 nitrogen and oxygen atoms in total. The van der Waals surface area contributed by atoms with Crippen molar-refractivity contribution in [3.05, 3.63) is 34.3 Å². The molecule has 1 aliphatic carbocycles. The fourth-order valence-corrected chi connectivity index (χ4v) is 3.17. The molecule has 1 aliphatic rings. The lowest BCUT2D eigenvalue weighted by Crippen LogP contribution is -2.20. The summed E-state index contributed by atoms with van der Waals surface area (Å²) in [5.41, 5.74) is 4.94. The number of hydrogen-bond donors (Lipinski definition) is 2. The molecule has 0 bridgehead atoms. The third-order valence-corrected chi connectivity index (χ3v) is 4.45. The molecule has 0 aromatic heterocycles. The minimum absolute atomic E-state index is 0.442. The van der Waals surface area contributed by atoms with Crippen LogP contribution in [0.1, 0.15) is 56.6 Å². The van der Waals surface area contributed by atoms with Gasteiger partial charge in [-0.05, 0) is 54.2 Å². The van der Waals surface area contributed by atoms with Crippen LogP contribution in [0.5, 0.6) is 0 Å². The van der Waals surface area contributed by atoms with Crippen molar-refractivity contribution in [1.29, 1.82) is 0 Å².